The van der Waals surface area contributed by atoms with Crippen molar-refractivity contribution in [3.8, 4) is 5.88 Å². The molecule has 0 aliphatic carbocycles. The Kier molecular flexibility index (Phi) is 4.19. The maximum Gasteiger partial charge on any atom is 0.356 e. The lowest BCUT2D eigenvalue weighted by atomic mass is 10.2. The Hall–Kier alpha value is -1.56. The molecular weight excluding hydrogens is 236 g/mol. The molecule has 1 fully saturated rings. The first-order chi connectivity index (χ1) is 8.72. The molecule has 100 valence electrons. The molecule has 0 bridgehead atoms. The molecule has 0 spiro atoms. The Morgan fingerprint density at radius 1 is 1.56 bits per heavy atom. The summed E-state index contributed by atoms with van der Waals surface area (Å²) in [6.07, 6.45) is 2.73. The smallest absolute Gasteiger partial charge is 0.356 e. The summed E-state index contributed by atoms with van der Waals surface area (Å²) in [5.41, 5.74) is 0.991. The fraction of sp³-hybridized carbons (Fsp3) is 0.667. The van der Waals surface area contributed by atoms with Crippen molar-refractivity contribution in [1.82, 2.24) is 10.2 Å². The van der Waals surface area contributed by atoms with Gasteiger partial charge in [-0.25, -0.2) is 4.79 Å². The van der Waals surface area contributed by atoms with Crippen LogP contribution in [0.5, 0.6) is 5.88 Å². The van der Waals surface area contributed by atoms with Crippen LogP contribution in [0.15, 0.2) is 0 Å². The third-order valence-corrected chi connectivity index (χ3v) is 2.83. The predicted molar refractivity (Wildman–Crippen MR) is 63.5 cm³/mol. The Morgan fingerprint density at radius 3 is 3.06 bits per heavy atom. The van der Waals surface area contributed by atoms with Gasteiger partial charge in [-0.15, -0.1) is 5.10 Å². The van der Waals surface area contributed by atoms with Gasteiger partial charge >= 0.3 is 5.97 Å². The number of carbonyl (C=O) groups is 1. The van der Waals surface area contributed by atoms with Crippen molar-refractivity contribution in [3.05, 3.63) is 11.3 Å². The maximum absolute atomic E-state index is 11.6. The van der Waals surface area contributed by atoms with Crippen molar-refractivity contribution >= 4 is 5.97 Å². The van der Waals surface area contributed by atoms with E-state index in [1.807, 2.05) is 0 Å². The number of nitrogens with zero attached hydrogens (tertiary/aromatic N) is 1. The highest BCUT2D eigenvalue weighted by molar-refractivity contribution is 5.89. The third-order valence-electron chi connectivity index (χ3n) is 2.83. The summed E-state index contributed by atoms with van der Waals surface area (Å²) in [4.78, 5) is 11.6. The fourth-order valence-corrected chi connectivity index (χ4v) is 1.83. The number of aromatic nitrogens is 2. The van der Waals surface area contributed by atoms with Crippen LogP contribution in [-0.4, -0.2) is 35.7 Å². The summed E-state index contributed by atoms with van der Waals surface area (Å²) in [5, 5.41) is 6.63. The summed E-state index contributed by atoms with van der Waals surface area (Å²) in [6.45, 7) is 4.57. The van der Waals surface area contributed by atoms with E-state index >= 15 is 0 Å². The highest BCUT2D eigenvalue weighted by atomic mass is 16.7. The minimum Gasteiger partial charge on any atom is -0.461 e. The molecule has 18 heavy (non-hydrogen) atoms. The van der Waals surface area contributed by atoms with E-state index in [2.05, 4.69) is 10.2 Å². The molecule has 1 N–H and O–H groups in total. The minimum atomic E-state index is -0.415. The molecule has 1 saturated heterocycles. The predicted octanol–water partition coefficient (Wildman–Crippen LogP) is 1.80. The van der Waals surface area contributed by atoms with Gasteiger partial charge in [0.15, 0.2) is 0 Å². The normalized spacial score (nSPS) is 19.6. The molecule has 1 aromatic rings. The second kappa shape index (κ2) is 5.86. The maximum atomic E-state index is 11.6. The van der Waals surface area contributed by atoms with Gasteiger partial charge in [-0.3, -0.25) is 5.10 Å². The topological polar surface area (TPSA) is 73.4 Å². The standard InChI is InChI=1S/C12H18N2O4/c1-3-16-12(15)10-8(2)11(14-13-10)18-9-6-4-5-7-17-9/h9H,3-7H2,1-2H3,(H,13,14)/t9-/m0/s1. The van der Waals surface area contributed by atoms with Gasteiger partial charge in [0.25, 0.3) is 0 Å². The van der Waals surface area contributed by atoms with Gasteiger partial charge in [0, 0.05) is 12.0 Å². The van der Waals surface area contributed by atoms with E-state index < -0.39 is 5.97 Å². The summed E-state index contributed by atoms with van der Waals surface area (Å²) < 4.78 is 16.0. The molecule has 1 aromatic heterocycles. The summed E-state index contributed by atoms with van der Waals surface area (Å²) >= 11 is 0. The average molecular weight is 254 g/mol. The number of hydrogen-bond acceptors (Lipinski definition) is 5. The van der Waals surface area contributed by atoms with Crippen LogP contribution in [-0.2, 0) is 9.47 Å². The first-order valence-corrected chi connectivity index (χ1v) is 6.22. The van der Waals surface area contributed by atoms with Gasteiger partial charge < -0.3 is 14.2 Å². The molecule has 1 aliphatic rings. The van der Waals surface area contributed by atoms with E-state index in [0.29, 0.717) is 30.4 Å². The zero-order valence-corrected chi connectivity index (χ0v) is 10.7. The van der Waals surface area contributed by atoms with Gasteiger partial charge in [-0.1, -0.05) is 0 Å². The Balaban J connectivity index is 2.03. The number of nitrogens with one attached hydrogen (secondary N) is 1. The number of ether oxygens (including phenoxy) is 3. The first kappa shape index (κ1) is 12.9. The molecule has 0 amide bonds. The molecule has 1 aliphatic heterocycles. The van der Waals surface area contributed by atoms with Crippen LogP contribution in [0.1, 0.15) is 42.2 Å². The molecule has 6 heteroatoms. The van der Waals surface area contributed by atoms with Crippen LogP contribution < -0.4 is 4.74 Å². The number of rotatable bonds is 4. The van der Waals surface area contributed by atoms with Crippen molar-refractivity contribution in [2.75, 3.05) is 13.2 Å². The second-order valence-electron chi connectivity index (χ2n) is 4.16. The van der Waals surface area contributed by atoms with Gasteiger partial charge in [-0.05, 0) is 26.7 Å². The monoisotopic (exact) mass is 254 g/mol. The van der Waals surface area contributed by atoms with Crippen LogP contribution in [0.4, 0.5) is 0 Å². The van der Waals surface area contributed by atoms with Crippen LogP contribution in [0.3, 0.4) is 0 Å². The Morgan fingerprint density at radius 2 is 2.39 bits per heavy atom. The lowest BCUT2D eigenvalue weighted by molar-refractivity contribution is -0.108. The summed E-state index contributed by atoms with van der Waals surface area (Å²) in [6, 6.07) is 0. The van der Waals surface area contributed by atoms with Gasteiger partial charge in [0.2, 0.25) is 12.2 Å². The molecule has 6 nitrogen and oxygen atoms in total. The fourth-order valence-electron chi connectivity index (χ4n) is 1.83. The first-order valence-electron chi connectivity index (χ1n) is 6.22. The average Bonchev–Trinajstić information content (AvgIpc) is 2.73. The van der Waals surface area contributed by atoms with E-state index in [9.17, 15) is 4.79 Å². The second-order valence-corrected chi connectivity index (χ2v) is 4.16. The van der Waals surface area contributed by atoms with Gasteiger partial charge in [0.1, 0.15) is 5.69 Å². The molecule has 0 aromatic carbocycles. The van der Waals surface area contributed by atoms with Crippen LogP contribution in [0, 0.1) is 6.92 Å². The highest BCUT2D eigenvalue weighted by Gasteiger charge is 2.22. The van der Waals surface area contributed by atoms with Crippen LogP contribution in [0.2, 0.25) is 0 Å². The lowest BCUT2D eigenvalue weighted by Gasteiger charge is -2.22. The zero-order valence-electron chi connectivity index (χ0n) is 10.7. The Labute approximate surface area is 106 Å². The zero-order chi connectivity index (χ0) is 13.0. The van der Waals surface area contributed by atoms with E-state index in [0.717, 1.165) is 19.3 Å². The summed E-state index contributed by atoms with van der Waals surface area (Å²) in [5.74, 6) is -0.00753. The molecule has 0 saturated carbocycles. The van der Waals surface area contributed by atoms with Crippen molar-refractivity contribution in [2.45, 2.75) is 39.4 Å². The van der Waals surface area contributed by atoms with E-state index in [-0.39, 0.29) is 6.29 Å². The molecule has 0 unspecified atom stereocenters. The quantitative estimate of drug-likeness (QED) is 0.829. The number of H-pyrrole nitrogens is 1. The van der Waals surface area contributed by atoms with Crippen molar-refractivity contribution in [2.24, 2.45) is 0 Å². The van der Waals surface area contributed by atoms with Crippen LogP contribution >= 0.6 is 0 Å². The molecule has 2 heterocycles. The van der Waals surface area contributed by atoms with Crippen LogP contribution in [0.25, 0.3) is 0 Å². The number of aromatic amines is 1. The van der Waals surface area contributed by atoms with Gasteiger partial charge in [-0.2, -0.15) is 0 Å². The molecular formula is C12H18N2O4. The molecule has 1 atom stereocenters. The van der Waals surface area contributed by atoms with Crippen molar-refractivity contribution in [3.63, 3.8) is 0 Å². The minimum absolute atomic E-state index is 0.268. The SMILES string of the molecule is CCOC(=O)c1[nH]nc(O[C@H]2CCCCO2)c1C. The highest BCUT2D eigenvalue weighted by Crippen LogP contribution is 2.22. The van der Waals surface area contributed by atoms with E-state index in [1.165, 1.54) is 0 Å². The summed E-state index contributed by atoms with van der Waals surface area (Å²) in [7, 11) is 0. The lowest BCUT2D eigenvalue weighted by Crippen LogP contribution is -2.25. The van der Waals surface area contributed by atoms with E-state index in [1.54, 1.807) is 13.8 Å². The Bertz CT molecular complexity index is 410. The number of carbonyl (C=O) groups excluding carboxylic acids is 1. The molecule has 2 rings (SSSR count). The van der Waals surface area contributed by atoms with Crippen molar-refractivity contribution < 1.29 is 19.0 Å². The third kappa shape index (κ3) is 2.81. The molecule has 0 radical (unpaired) electrons. The number of esters is 1. The largest absolute Gasteiger partial charge is 0.461 e. The van der Waals surface area contributed by atoms with Crippen molar-refractivity contribution in [1.29, 1.82) is 0 Å². The van der Waals surface area contributed by atoms with Gasteiger partial charge in [0.05, 0.1) is 13.2 Å². The van der Waals surface area contributed by atoms with E-state index in [4.69, 9.17) is 14.2 Å². The number of hydrogen-bond donors (Lipinski definition) is 1.